The lowest BCUT2D eigenvalue weighted by Crippen LogP contribution is -2.30. The third-order valence-corrected chi connectivity index (χ3v) is 4.81. The summed E-state index contributed by atoms with van der Waals surface area (Å²) in [5.41, 5.74) is 5.95. The van der Waals surface area contributed by atoms with E-state index in [4.69, 9.17) is 9.72 Å². The maximum atomic E-state index is 11.8. The van der Waals surface area contributed by atoms with E-state index in [9.17, 15) is 4.79 Å². The van der Waals surface area contributed by atoms with Crippen molar-refractivity contribution in [1.82, 2.24) is 10.3 Å². The molecular weight excluding hydrogens is 374 g/mol. The number of carbonyl (C=O) groups is 1. The van der Waals surface area contributed by atoms with E-state index >= 15 is 0 Å². The van der Waals surface area contributed by atoms with Gasteiger partial charge in [0.25, 0.3) is 0 Å². The molecule has 0 aliphatic heterocycles. The lowest BCUT2D eigenvalue weighted by Gasteiger charge is -2.15. The van der Waals surface area contributed by atoms with Crippen LogP contribution in [0.5, 0.6) is 0 Å². The second kappa shape index (κ2) is 8.41. The van der Waals surface area contributed by atoms with Gasteiger partial charge in [0.2, 0.25) is 0 Å². The van der Waals surface area contributed by atoms with Gasteiger partial charge in [0.1, 0.15) is 6.61 Å². The topological polar surface area (TPSA) is 63.3 Å². The quantitative estimate of drug-likeness (QED) is 0.400. The normalized spacial score (nSPS) is 11.1. The van der Waals surface area contributed by atoms with Crippen LogP contribution >= 0.6 is 0 Å². The lowest BCUT2D eigenvalue weighted by molar-refractivity contribution is 0.137. The smallest absolute Gasteiger partial charge is 0.407 e. The molecule has 0 aliphatic rings. The van der Waals surface area contributed by atoms with E-state index in [0.29, 0.717) is 0 Å². The maximum Gasteiger partial charge on any atom is 0.407 e. The number of hydrogen-bond donors (Lipinski definition) is 2. The third kappa shape index (κ3) is 4.35. The molecule has 0 fully saturated rings. The molecule has 152 valence electrons. The minimum atomic E-state index is -0.412. The Labute approximate surface area is 176 Å². The van der Waals surface area contributed by atoms with Crippen LogP contribution in [0.4, 0.5) is 16.2 Å². The maximum absolute atomic E-state index is 11.8. The highest BCUT2D eigenvalue weighted by Crippen LogP contribution is 2.33. The highest BCUT2D eigenvalue weighted by atomic mass is 16.5. The largest absolute Gasteiger partial charge is 0.445 e. The second-order valence-corrected chi connectivity index (χ2v) is 7.73. The molecule has 2 N–H and O–H groups in total. The Balaban J connectivity index is 1.67. The Kier molecular flexibility index (Phi) is 5.53. The van der Waals surface area contributed by atoms with Crippen molar-refractivity contribution in [3.8, 4) is 0 Å². The predicted molar refractivity (Wildman–Crippen MR) is 122 cm³/mol. The summed E-state index contributed by atoms with van der Waals surface area (Å²) in [5, 5.41) is 8.45. The molecule has 0 bridgehead atoms. The first-order chi connectivity index (χ1) is 14.5. The predicted octanol–water partition coefficient (Wildman–Crippen LogP) is 6.07. The average molecular weight is 399 g/mol. The highest BCUT2D eigenvalue weighted by Gasteiger charge is 2.10. The first-order valence-corrected chi connectivity index (χ1v) is 10.1. The molecule has 30 heavy (non-hydrogen) atoms. The van der Waals surface area contributed by atoms with E-state index in [2.05, 4.69) is 41.8 Å². The molecule has 5 nitrogen and oxygen atoms in total. The van der Waals surface area contributed by atoms with E-state index < -0.39 is 6.09 Å². The van der Waals surface area contributed by atoms with Crippen molar-refractivity contribution in [2.24, 2.45) is 0 Å². The van der Waals surface area contributed by atoms with Gasteiger partial charge < -0.3 is 15.4 Å². The summed E-state index contributed by atoms with van der Waals surface area (Å²) < 4.78 is 5.31. The molecule has 0 saturated carbocycles. The zero-order valence-electron chi connectivity index (χ0n) is 17.4. The summed E-state index contributed by atoms with van der Waals surface area (Å²) in [7, 11) is 0. The molecule has 1 amide bonds. The van der Waals surface area contributed by atoms with Gasteiger partial charge in [-0.25, -0.2) is 9.78 Å². The molecule has 0 aliphatic carbocycles. The van der Waals surface area contributed by atoms with Crippen LogP contribution in [-0.2, 0) is 11.3 Å². The second-order valence-electron chi connectivity index (χ2n) is 7.73. The third-order valence-electron chi connectivity index (χ3n) is 4.81. The van der Waals surface area contributed by atoms with Crippen LogP contribution in [-0.4, -0.2) is 17.1 Å². The number of nitrogens with zero attached hydrogens (tertiary/aromatic N) is 1. The Morgan fingerprint density at radius 3 is 2.60 bits per heavy atom. The summed E-state index contributed by atoms with van der Waals surface area (Å²) in [5.74, 6) is 0. The van der Waals surface area contributed by atoms with Crippen LogP contribution < -0.4 is 10.6 Å². The number of aryl methyl sites for hydroxylation is 1. The molecule has 1 heterocycles. The summed E-state index contributed by atoms with van der Waals surface area (Å²) >= 11 is 0. The van der Waals surface area contributed by atoms with Crippen molar-refractivity contribution in [2.45, 2.75) is 33.4 Å². The van der Waals surface area contributed by atoms with Gasteiger partial charge in [0.15, 0.2) is 0 Å². The van der Waals surface area contributed by atoms with E-state index in [1.165, 1.54) is 5.56 Å². The van der Waals surface area contributed by atoms with E-state index in [-0.39, 0.29) is 12.6 Å². The summed E-state index contributed by atoms with van der Waals surface area (Å²) in [4.78, 5) is 16.6. The summed E-state index contributed by atoms with van der Waals surface area (Å²) in [6, 6.07) is 22.4. The van der Waals surface area contributed by atoms with Crippen molar-refractivity contribution >= 4 is 39.3 Å². The number of para-hydroxylation sites is 1. The fourth-order valence-electron chi connectivity index (χ4n) is 3.45. The average Bonchev–Trinajstić information content (AvgIpc) is 2.72. The molecule has 0 spiro atoms. The van der Waals surface area contributed by atoms with Crippen molar-refractivity contribution < 1.29 is 9.53 Å². The van der Waals surface area contributed by atoms with Gasteiger partial charge in [0.05, 0.1) is 16.7 Å². The molecule has 5 heteroatoms. The number of fused-ring (bicyclic) bond motifs is 2. The van der Waals surface area contributed by atoms with Gasteiger partial charge in [-0.05, 0) is 56.7 Å². The highest BCUT2D eigenvalue weighted by molar-refractivity contribution is 6.08. The fourth-order valence-corrected chi connectivity index (χ4v) is 3.45. The number of aromatic nitrogens is 1. The molecule has 0 atom stereocenters. The van der Waals surface area contributed by atoms with Gasteiger partial charge in [-0.1, -0.05) is 42.0 Å². The van der Waals surface area contributed by atoms with E-state index in [0.717, 1.165) is 38.7 Å². The molecule has 0 unspecified atom stereocenters. The van der Waals surface area contributed by atoms with Gasteiger partial charge in [-0.3, -0.25) is 0 Å². The minimum absolute atomic E-state index is 0.0437. The Bertz CT molecular complexity index is 1220. The SMILES string of the molecule is Cc1ccc2nc3ccccc3c(Nc3cccc(COC(=O)NC(C)C)c3)c2c1. The number of alkyl carbamates (subject to hydrolysis) is 1. The number of nitrogens with one attached hydrogen (secondary N) is 2. The summed E-state index contributed by atoms with van der Waals surface area (Å²) in [6.07, 6.45) is -0.412. The number of anilines is 2. The zero-order valence-corrected chi connectivity index (χ0v) is 17.4. The fraction of sp³-hybridized carbons (Fsp3) is 0.200. The Morgan fingerprint density at radius 1 is 0.967 bits per heavy atom. The van der Waals surface area contributed by atoms with Crippen molar-refractivity contribution in [3.05, 3.63) is 77.9 Å². The van der Waals surface area contributed by atoms with Crippen LogP contribution in [0.1, 0.15) is 25.0 Å². The zero-order chi connectivity index (χ0) is 21.1. The van der Waals surface area contributed by atoms with Gasteiger partial charge in [-0.15, -0.1) is 0 Å². The first kappa shape index (κ1) is 19.7. The van der Waals surface area contributed by atoms with Crippen molar-refractivity contribution in [3.63, 3.8) is 0 Å². The molecular formula is C25H25N3O2. The van der Waals surface area contributed by atoms with Crippen LogP contribution in [0.25, 0.3) is 21.8 Å². The number of carbonyl (C=O) groups excluding carboxylic acids is 1. The van der Waals surface area contributed by atoms with Crippen LogP contribution in [0.2, 0.25) is 0 Å². The molecule has 1 aromatic heterocycles. The molecule has 4 rings (SSSR count). The Hall–Kier alpha value is -3.60. The van der Waals surface area contributed by atoms with Crippen molar-refractivity contribution in [1.29, 1.82) is 0 Å². The van der Waals surface area contributed by atoms with Gasteiger partial charge in [-0.2, -0.15) is 0 Å². The Morgan fingerprint density at radius 2 is 1.77 bits per heavy atom. The van der Waals surface area contributed by atoms with Crippen molar-refractivity contribution in [2.75, 3.05) is 5.32 Å². The summed E-state index contributed by atoms with van der Waals surface area (Å²) in [6.45, 7) is 6.09. The molecule has 3 aromatic carbocycles. The van der Waals surface area contributed by atoms with E-state index in [1.54, 1.807) is 0 Å². The van der Waals surface area contributed by atoms with Crippen LogP contribution in [0.15, 0.2) is 66.7 Å². The molecule has 0 radical (unpaired) electrons. The molecule has 4 aromatic rings. The number of hydrogen-bond acceptors (Lipinski definition) is 4. The number of benzene rings is 3. The van der Waals surface area contributed by atoms with Crippen LogP contribution in [0.3, 0.4) is 0 Å². The lowest BCUT2D eigenvalue weighted by atomic mass is 10.1. The van der Waals surface area contributed by atoms with Gasteiger partial charge in [0, 0.05) is 22.5 Å². The minimum Gasteiger partial charge on any atom is -0.445 e. The number of pyridine rings is 1. The van der Waals surface area contributed by atoms with Crippen LogP contribution in [0, 0.1) is 6.92 Å². The number of amides is 1. The van der Waals surface area contributed by atoms with Gasteiger partial charge >= 0.3 is 6.09 Å². The first-order valence-electron chi connectivity index (χ1n) is 10.1. The van der Waals surface area contributed by atoms with E-state index in [1.807, 2.05) is 56.3 Å². The number of ether oxygens (including phenoxy) is 1. The monoisotopic (exact) mass is 399 g/mol. The number of rotatable bonds is 5. The molecule has 0 saturated heterocycles. The standard InChI is InChI=1S/C25H25N3O2/c1-16(2)26-25(29)30-15-18-7-6-8-19(14-18)27-24-20-9-4-5-10-22(20)28-23-12-11-17(3)13-21(23)24/h4-14,16H,15H2,1-3H3,(H,26,29)(H,27,28).